The number of ether oxygens (including phenoxy) is 1. The summed E-state index contributed by atoms with van der Waals surface area (Å²) in [5.74, 6) is 0.354. The molecule has 0 radical (unpaired) electrons. The number of rotatable bonds is 8. The quantitative estimate of drug-likeness (QED) is 0.669. The lowest BCUT2D eigenvalue weighted by Gasteiger charge is -2.04. The largest absolute Gasteiger partial charge is 0.479 e. The molecule has 0 atom stereocenters. The van der Waals surface area contributed by atoms with Gasteiger partial charge in [0.2, 0.25) is 15.9 Å². The monoisotopic (exact) mass is 385 g/mol. The molecular weight excluding hydrogens is 366 g/mol. The van der Waals surface area contributed by atoms with Crippen LogP contribution in [0.15, 0.2) is 59.5 Å². The molecule has 0 fully saturated rings. The van der Waals surface area contributed by atoms with Gasteiger partial charge in [-0.3, -0.25) is 4.79 Å². The number of nitrogens with two attached hydrogens (primary N) is 1. The van der Waals surface area contributed by atoms with E-state index in [4.69, 9.17) is 15.1 Å². The fraction of sp³-hybridized carbons (Fsp3) is 0.158. The summed E-state index contributed by atoms with van der Waals surface area (Å²) in [6, 6.07) is 15.1. The molecule has 2 aromatic rings. The van der Waals surface area contributed by atoms with Crippen LogP contribution in [-0.2, 0) is 21.2 Å². The van der Waals surface area contributed by atoms with Gasteiger partial charge in [0.25, 0.3) is 0 Å². The molecule has 0 spiro atoms. The average molecular weight is 385 g/mol. The second-order valence-corrected chi connectivity index (χ2v) is 7.14. The second-order valence-electron chi connectivity index (χ2n) is 5.58. The number of amides is 1. The van der Waals surface area contributed by atoms with Gasteiger partial charge in [-0.25, -0.2) is 13.6 Å². The number of nitrogens with one attached hydrogen (secondary N) is 1. The lowest BCUT2D eigenvalue weighted by molar-refractivity contribution is -0.116. The van der Waals surface area contributed by atoms with Gasteiger partial charge < -0.3 is 10.1 Å². The molecule has 8 heteroatoms. The highest BCUT2D eigenvalue weighted by atomic mass is 32.2. The van der Waals surface area contributed by atoms with Crippen LogP contribution in [0.4, 0.5) is 0 Å². The highest BCUT2D eigenvalue weighted by molar-refractivity contribution is 7.89. The molecule has 0 unspecified atom stereocenters. The second kappa shape index (κ2) is 9.52. The van der Waals surface area contributed by atoms with E-state index in [1.165, 1.54) is 18.2 Å². The highest BCUT2D eigenvalue weighted by Gasteiger charge is 2.06. The Bertz CT molecular complexity index is 944. The van der Waals surface area contributed by atoms with Crippen LogP contribution in [0, 0.1) is 11.3 Å². The molecule has 27 heavy (non-hydrogen) atoms. The third-order valence-corrected chi connectivity index (χ3v) is 4.50. The first-order valence-corrected chi connectivity index (χ1v) is 9.60. The van der Waals surface area contributed by atoms with Gasteiger partial charge in [-0.2, -0.15) is 5.26 Å². The Morgan fingerprint density at radius 1 is 1.15 bits per heavy atom. The normalized spacial score (nSPS) is 11.1. The molecule has 0 aliphatic heterocycles. The molecule has 0 saturated carbocycles. The zero-order valence-electron chi connectivity index (χ0n) is 14.5. The van der Waals surface area contributed by atoms with Crippen molar-refractivity contribution in [1.82, 2.24) is 5.32 Å². The van der Waals surface area contributed by atoms with Crippen LogP contribution in [0.25, 0.3) is 6.08 Å². The van der Waals surface area contributed by atoms with E-state index in [9.17, 15) is 13.2 Å². The smallest absolute Gasteiger partial charge is 0.244 e. The molecule has 0 heterocycles. The zero-order chi connectivity index (χ0) is 19.7. The van der Waals surface area contributed by atoms with Crippen LogP contribution in [0.2, 0.25) is 0 Å². The number of carbonyl (C=O) groups excluding carboxylic acids is 1. The van der Waals surface area contributed by atoms with E-state index >= 15 is 0 Å². The van der Waals surface area contributed by atoms with E-state index in [2.05, 4.69) is 5.32 Å². The summed E-state index contributed by atoms with van der Waals surface area (Å²) in [5.41, 5.74) is 1.72. The summed E-state index contributed by atoms with van der Waals surface area (Å²) in [6.07, 6.45) is 3.66. The van der Waals surface area contributed by atoms with Crippen LogP contribution in [0.3, 0.4) is 0 Å². The molecule has 0 aliphatic rings. The van der Waals surface area contributed by atoms with Crippen molar-refractivity contribution in [2.45, 2.75) is 11.3 Å². The molecule has 3 N–H and O–H groups in total. The third kappa shape index (κ3) is 6.93. The number of hydrogen-bond acceptors (Lipinski definition) is 5. The Hall–Kier alpha value is -3.15. The minimum Gasteiger partial charge on any atom is -0.479 e. The van der Waals surface area contributed by atoms with Gasteiger partial charge in [0.05, 0.1) is 4.90 Å². The van der Waals surface area contributed by atoms with Gasteiger partial charge in [-0.1, -0.05) is 24.3 Å². The van der Waals surface area contributed by atoms with E-state index in [1.54, 1.807) is 42.5 Å². The zero-order valence-corrected chi connectivity index (χ0v) is 15.3. The first kappa shape index (κ1) is 20.2. The maximum absolute atomic E-state index is 11.8. The van der Waals surface area contributed by atoms with Crippen LogP contribution in [-0.4, -0.2) is 27.5 Å². The van der Waals surface area contributed by atoms with E-state index in [0.717, 1.165) is 11.1 Å². The van der Waals surface area contributed by atoms with Crippen molar-refractivity contribution in [2.75, 3.05) is 13.2 Å². The molecule has 0 saturated heterocycles. The maximum atomic E-state index is 11.8. The average Bonchev–Trinajstić information content (AvgIpc) is 2.65. The minimum atomic E-state index is -3.70. The van der Waals surface area contributed by atoms with Gasteiger partial charge in [0, 0.05) is 12.6 Å². The maximum Gasteiger partial charge on any atom is 0.244 e. The van der Waals surface area contributed by atoms with Gasteiger partial charge >= 0.3 is 0 Å². The number of sulfonamides is 1. The van der Waals surface area contributed by atoms with Gasteiger partial charge in [-0.05, 0) is 47.9 Å². The van der Waals surface area contributed by atoms with Gasteiger partial charge in [-0.15, -0.1) is 0 Å². The summed E-state index contributed by atoms with van der Waals surface area (Å²) in [5, 5.41) is 16.3. The minimum absolute atomic E-state index is 0.0116. The molecular formula is C19H19N3O4S. The molecule has 1 amide bonds. The molecule has 0 bridgehead atoms. The van der Waals surface area contributed by atoms with Gasteiger partial charge in [0.1, 0.15) is 11.8 Å². The fourth-order valence-corrected chi connectivity index (χ4v) is 2.71. The van der Waals surface area contributed by atoms with Crippen LogP contribution < -0.4 is 15.2 Å². The summed E-state index contributed by atoms with van der Waals surface area (Å²) < 4.78 is 27.5. The Balaban J connectivity index is 1.79. The number of nitriles is 1. The van der Waals surface area contributed by atoms with E-state index in [-0.39, 0.29) is 17.4 Å². The van der Waals surface area contributed by atoms with Gasteiger partial charge in [0.15, 0.2) is 6.61 Å². The van der Waals surface area contributed by atoms with E-state index in [0.29, 0.717) is 18.7 Å². The Morgan fingerprint density at radius 3 is 2.41 bits per heavy atom. The summed E-state index contributed by atoms with van der Waals surface area (Å²) in [7, 11) is -3.70. The van der Waals surface area contributed by atoms with Crippen molar-refractivity contribution in [1.29, 1.82) is 5.26 Å². The molecule has 2 rings (SSSR count). The Morgan fingerprint density at radius 2 is 1.81 bits per heavy atom. The topological polar surface area (TPSA) is 122 Å². The highest BCUT2D eigenvalue weighted by Crippen LogP contribution is 2.13. The third-order valence-electron chi connectivity index (χ3n) is 3.58. The van der Waals surface area contributed by atoms with Crippen LogP contribution in [0.1, 0.15) is 11.1 Å². The fourth-order valence-electron chi connectivity index (χ4n) is 2.20. The number of primary sulfonamides is 1. The number of benzene rings is 2. The van der Waals surface area contributed by atoms with Crippen molar-refractivity contribution in [3.63, 3.8) is 0 Å². The van der Waals surface area contributed by atoms with Crippen LogP contribution in [0.5, 0.6) is 5.75 Å². The van der Waals surface area contributed by atoms with Crippen molar-refractivity contribution in [3.05, 3.63) is 65.7 Å². The molecule has 7 nitrogen and oxygen atoms in total. The molecule has 2 aromatic carbocycles. The van der Waals surface area contributed by atoms with Crippen LogP contribution >= 0.6 is 0 Å². The van der Waals surface area contributed by atoms with Crippen molar-refractivity contribution < 1.29 is 17.9 Å². The number of hydrogen-bond donors (Lipinski definition) is 2. The predicted molar refractivity (Wildman–Crippen MR) is 101 cm³/mol. The first-order chi connectivity index (χ1) is 12.9. The molecule has 0 aromatic heterocycles. The summed E-state index contributed by atoms with van der Waals surface area (Å²) >= 11 is 0. The Labute approximate surface area is 158 Å². The summed E-state index contributed by atoms with van der Waals surface area (Å²) in [4.78, 5) is 11.9. The van der Waals surface area contributed by atoms with E-state index in [1.807, 2.05) is 6.07 Å². The lowest BCUT2D eigenvalue weighted by atomic mass is 10.1. The predicted octanol–water partition coefficient (Wildman–Crippen LogP) is 1.61. The van der Waals surface area contributed by atoms with Crippen molar-refractivity contribution >= 4 is 22.0 Å². The molecule has 0 aliphatic carbocycles. The van der Waals surface area contributed by atoms with Crippen molar-refractivity contribution in [2.24, 2.45) is 5.14 Å². The number of carbonyl (C=O) groups is 1. The standard InChI is InChI=1S/C19H19N3O4S/c20-12-14-26-17-6-1-15(2-7-17)5-10-19(23)22-13-11-16-3-8-18(9-4-16)27(21,24)25/h1-10H,11,13-14H2,(H,22,23)(H2,21,24,25)/b10-5+. The molecule has 140 valence electrons. The van der Waals surface area contributed by atoms with E-state index < -0.39 is 10.0 Å². The first-order valence-electron chi connectivity index (χ1n) is 8.06. The lowest BCUT2D eigenvalue weighted by Crippen LogP contribution is -2.23. The Kier molecular flexibility index (Phi) is 7.11. The summed E-state index contributed by atoms with van der Waals surface area (Å²) in [6.45, 7) is 0.404. The SMILES string of the molecule is N#CCOc1ccc(/C=C/C(=O)NCCc2ccc(S(N)(=O)=O)cc2)cc1. The van der Waals surface area contributed by atoms with Crippen molar-refractivity contribution in [3.8, 4) is 11.8 Å². The number of nitrogens with zero attached hydrogens (tertiary/aromatic N) is 1.